The monoisotopic (exact) mass is 436 g/mol. The number of amides is 2. The number of carbonyl (C=O) groups is 2. The van der Waals surface area contributed by atoms with Gasteiger partial charge in [0.1, 0.15) is 5.82 Å². The number of benzene rings is 1. The molecular formula is C25H32N4O3. The third kappa shape index (κ3) is 4.31. The Kier molecular flexibility index (Phi) is 6.26. The Morgan fingerprint density at radius 2 is 1.59 bits per heavy atom. The number of hydrogen-bond donors (Lipinski definition) is 0. The minimum absolute atomic E-state index is 0.0447. The summed E-state index contributed by atoms with van der Waals surface area (Å²) >= 11 is 0. The van der Waals surface area contributed by atoms with Crippen LogP contribution in [0.1, 0.15) is 42.5 Å². The molecule has 3 saturated heterocycles. The van der Waals surface area contributed by atoms with Crippen molar-refractivity contribution in [2.75, 3.05) is 57.4 Å². The fourth-order valence-corrected chi connectivity index (χ4v) is 5.17. The third-order valence-electron chi connectivity index (χ3n) is 7.07. The molecule has 5 rings (SSSR count). The number of ether oxygens (including phenoxy) is 1. The van der Waals surface area contributed by atoms with E-state index in [0.717, 1.165) is 68.6 Å². The van der Waals surface area contributed by atoms with Crippen molar-refractivity contribution in [3.05, 3.63) is 35.9 Å². The van der Waals surface area contributed by atoms with E-state index in [4.69, 9.17) is 9.72 Å². The van der Waals surface area contributed by atoms with Crippen LogP contribution in [0.15, 0.2) is 30.3 Å². The van der Waals surface area contributed by atoms with Gasteiger partial charge in [-0.25, -0.2) is 4.98 Å². The summed E-state index contributed by atoms with van der Waals surface area (Å²) in [4.78, 5) is 37.3. The quantitative estimate of drug-likeness (QED) is 0.740. The number of rotatable bonds is 3. The number of carbonyl (C=O) groups excluding carboxylic acids is 2. The van der Waals surface area contributed by atoms with E-state index < -0.39 is 0 Å². The lowest BCUT2D eigenvalue weighted by Crippen LogP contribution is -2.44. The molecule has 3 aliphatic heterocycles. The molecule has 4 heterocycles. The molecule has 2 aromatic rings. The van der Waals surface area contributed by atoms with Crippen LogP contribution in [0, 0.1) is 5.92 Å². The Morgan fingerprint density at radius 3 is 2.34 bits per heavy atom. The van der Waals surface area contributed by atoms with Gasteiger partial charge in [0.2, 0.25) is 5.91 Å². The molecule has 0 radical (unpaired) electrons. The number of morpholine rings is 1. The Hall–Kier alpha value is -2.67. The van der Waals surface area contributed by atoms with Crippen LogP contribution in [0.25, 0.3) is 10.9 Å². The maximum absolute atomic E-state index is 13.3. The first kappa shape index (κ1) is 21.2. The van der Waals surface area contributed by atoms with Crippen LogP contribution in [0.3, 0.4) is 0 Å². The molecule has 3 aliphatic rings. The average Bonchev–Trinajstić information content (AvgIpc) is 2.88. The highest BCUT2D eigenvalue weighted by Gasteiger charge is 2.30. The molecule has 0 atom stereocenters. The first-order valence-electron chi connectivity index (χ1n) is 12.0. The smallest absolute Gasteiger partial charge is 0.254 e. The number of hydrogen-bond acceptors (Lipinski definition) is 5. The van der Waals surface area contributed by atoms with Crippen LogP contribution in [-0.4, -0.2) is 79.1 Å². The van der Waals surface area contributed by atoms with Crippen LogP contribution in [0.4, 0.5) is 5.82 Å². The van der Waals surface area contributed by atoms with Crippen molar-refractivity contribution in [3.8, 4) is 0 Å². The lowest BCUT2D eigenvalue weighted by molar-refractivity contribution is -0.137. The predicted octanol–water partition coefficient (Wildman–Crippen LogP) is 2.94. The van der Waals surface area contributed by atoms with Crippen LogP contribution in [-0.2, 0) is 9.53 Å². The number of pyridine rings is 1. The zero-order valence-corrected chi connectivity index (χ0v) is 18.7. The molecule has 1 aromatic heterocycles. The first-order valence-corrected chi connectivity index (χ1v) is 12.0. The molecule has 0 spiro atoms. The second-order valence-electron chi connectivity index (χ2n) is 9.10. The normalized spacial score (nSPS) is 20.6. The number of aromatic nitrogens is 1. The Morgan fingerprint density at radius 1 is 0.875 bits per heavy atom. The zero-order chi connectivity index (χ0) is 21.9. The van der Waals surface area contributed by atoms with Gasteiger partial charge in [0.05, 0.1) is 24.3 Å². The molecule has 32 heavy (non-hydrogen) atoms. The molecule has 0 N–H and O–H groups in total. The molecule has 170 valence electrons. The van der Waals surface area contributed by atoms with Crippen molar-refractivity contribution in [1.29, 1.82) is 0 Å². The minimum atomic E-state index is 0.0447. The Labute approximate surface area is 189 Å². The van der Waals surface area contributed by atoms with Crippen molar-refractivity contribution in [2.24, 2.45) is 5.92 Å². The first-order chi connectivity index (χ1) is 15.7. The third-order valence-corrected chi connectivity index (χ3v) is 7.07. The topological polar surface area (TPSA) is 66.0 Å². The lowest BCUT2D eigenvalue weighted by Gasteiger charge is -2.36. The van der Waals surface area contributed by atoms with E-state index in [-0.39, 0.29) is 11.8 Å². The van der Waals surface area contributed by atoms with Crippen LogP contribution in [0.5, 0.6) is 0 Å². The van der Waals surface area contributed by atoms with Crippen LogP contribution >= 0.6 is 0 Å². The Bertz CT molecular complexity index is 974. The standard InChI is InChI=1S/C25H32N4O3/c30-24(28-10-4-1-5-11-28)19-8-12-27(13-9-19)23-18-21(20-6-2-3-7-22(20)26-23)25(31)29-14-16-32-17-15-29/h2-3,6-7,18-19H,1,4-5,8-17H2. The number of nitrogens with zero attached hydrogens (tertiary/aromatic N) is 4. The molecule has 1 aromatic carbocycles. The number of anilines is 1. The van der Waals surface area contributed by atoms with E-state index in [2.05, 4.69) is 9.80 Å². The molecule has 7 heteroatoms. The van der Waals surface area contributed by atoms with Gasteiger partial charge in [0, 0.05) is 50.6 Å². The minimum Gasteiger partial charge on any atom is -0.378 e. The summed E-state index contributed by atoms with van der Waals surface area (Å²) in [7, 11) is 0. The van der Waals surface area contributed by atoms with E-state index in [0.29, 0.717) is 37.8 Å². The molecule has 0 aliphatic carbocycles. The van der Waals surface area contributed by atoms with E-state index in [1.54, 1.807) is 0 Å². The van der Waals surface area contributed by atoms with Gasteiger partial charge in [-0.15, -0.1) is 0 Å². The van der Waals surface area contributed by atoms with Crippen LogP contribution < -0.4 is 4.90 Å². The highest BCUT2D eigenvalue weighted by molar-refractivity contribution is 6.07. The van der Waals surface area contributed by atoms with E-state index in [9.17, 15) is 9.59 Å². The molecule has 3 fully saturated rings. The summed E-state index contributed by atoms with van der Waals surface area (Å²) in [5.41, 5.74) is 1.55. The van der Waals surface area contributed by atoms with E-state index >= 15 is 0 Å². The molecule has 0 bridgehead atoms. The van der Waals surface area contributed by atoms with Crippen molar-refractivity contribution in [2.45, 2.75) is 32.1 Å². The number of likely N-dealkylation sites (tertiary alicyclic amines) is 1. The summed E-state index contributed by atoms with van der Waals surface area (Å²) in [5, 5.41) is 0.892. The fraction of sp³-hybridized carbons (Fsp3) is 0.560. The lowest BCUT2D eigenvalue weighted by atomic mass is 9.94. The second kappa shape index (κ2) is 9.45. The van der Waals surface area contributed by atoms with Crippen molar-refractivity contribution >= 4 is 28.5 Å². The van der Waals surface area contributed by atoms with Gasteiger partial charge in [-0.05, 0) is 44.2 Å². The summed E-state index contributed by atoms with van der Waals surface area (Å²) in [6.07, 6.45) is 5.19. The summed E-state index contributed by atoms with van der Waals surface area (Å²) in [6.45, 7) is 5.82. The Balaban J connectivity index is 1.34. The average molecular weight is 437 g/mol. The number of piperidine rings is 2. The van der Waals surface area contributed by atoms with E-state index in [1.165, 1.54) is 6.42 Å². The van der Waals surface area contributed by atoms with Crippen LogP contribution in [0.2, 0.25) is 0 Å². The van der Waals surface area contributed by atoms with Gasteiger partial charge in [-0.2, -0.15) is 0 Å². The molecule has 0 saturated carbocycles. The molecule has 0 unspecified atom stereocenters. The highest BCUT2D eigenvalue weighted by atomic mass is 16.5. The maximum Gasteiger partial charge on any atom is 0.254 e. The summed E-state index contributed by atoms with van der Waals surface area (Å²) in [5.74, 6) is 1.32. The van der Waals surface area contributed by atoms with Gasteiger partial charge in [-0.1, -0.05) is 18.2 Å². The second-order valence-corrected chi connectivity index (χ2v) is 9.10. The fourth-order valence-electron chi connectivity index (χ4n) is 5.17. The molecular weight excluding hydrogens is 404 g/mol. The van der Waals surface area contributed by atoms with Gasteiger partial charge in [0.15, 0.2) is 0 Å². The van der Waals surface area contributed by atoms with Crippen molar-refractivity contribution in [3.63, 3.8) is 0 Å². The van der Waals surface area contributed by atoms with E-state index in [1.807, 2.05) is 35.2 Å². The predicted molar refractivity (Wildman–Crippen MR) is 124 cm³/mol. The van der Waals surface area contributed by atoms with Crippen molar-refractivity contribution in [1.82, 2.24) is 14.8 Å². The number of para-hydroxylation sites is 1. The largest absolute Gasteiger partial charge is 0.378 e. The SMILES string of the molecule is O=C(c1cc(N2CCC(C(=O)N3CCCCC3)CC2)nc2ccccc12)N1CCOCC1. The molecule has 2 amide bonds. The van der Waals surface area contributed by atoms with Gasteiger partial charge >= 0.3 is 0 Å². The van der Waals surface area contributed by atoms with Gasteiger partial charge in [0.25, 0.3) is 5.91 Å². The van der Waals surface area contributed by atoms with Crippen molar-refractivity contribution < 1.29 is 14.3 Å². The van der Waals surface area contributed by atoms with Gasteiger partial charge < -0.3 is 19.4 Å². The summed E-state index contributed by atoms with van der Waals surface area (Å²) in [6, 6.07) is 9.82. The molecule has 7 nitrogen and oxygen atoms in total. The highest BCUT2D eigenvalue weighted by Crippen LogP contribution is 2.29. The number of fused-ring (bicyclic) bond motifs is 1. The zero-order valence-electron chi connectivity index (χ0n) is 18.7. The maximum atomic E-state index is 13.3. The van der Waals surface area contributed by atoms with Gasteiger partial charge in [-0.3, -0.25) is 9.59 Å². The summed E-state index contributed by atoms with van der Waals surface area (Å²) < 4.78 is 5.42.